The van der Waals surface area contributed by atoms with Gasteiger partial charge in [0.25, 0.3) is 0 Å². The van der Waals surface area contributed by atoms with Crippen molar-refractivity contribution in [1.29, 1.82) is 0 Å². The number of H-pyrrole nitrogens is 1. The molecule has 7 heteroatoms. The van der Waals surface area contributed by atoms with Crippen molar-refractivity contribution in [3.63, 3.8) is 0 Å². The molecule has 1 aliphatic rings. The maximum absolute atomic E-state index is 5.60. The van der Waals surface area contributed by atoms with E-state index in [-0.39, 0.29) is 0 Å². The van der Waals surface area contributed by atoms with Crippen molar-refractivity contribution in [2.75, 3.05) is 14.2 Å². The quantitative estimate of drug-likeness (QED) is 0.430. The van der Waals surface area contributed by atoms with Crippen molar-refractivity contribution < 1.29 is 4.74 Å². The van der Waals surface area contributed by atoms with Crippen molar-refractivity contribution in [2.45, 2.75) is 70.9 Å². The molecule has 2 atom stereocenters. The van der Waals surface area contributed by atoms with E-state index in [2.05, 4.69) is 60.8 Å². The van der Waals surface area contributed by atoms with E-state index in [9.17, 15) is 0 Å². The number of methoxy groups -OCH3 is 1. The number of rotatable bonds is 6. The molecule has 1 N–H and O–H groups in total. The predicted molar refractivity (Wildman–Crippen MR) is 132 cm³/mol. The topological polar surface area (TPSA) is 71.3 Å². The molecule has 2 unspecified atom stereocenters. The minimum Gasteiger partial charge on any atom is -0.493 e. The fourth-order valence-corrected chi connectivity index (χ4v) is 5.38. The Morgan fingerprint density at radius 1 is 1.15 bits per heavy atom. The third kappa shape index (κ3) is 3.78. The highest BCUT2D eigenvalue weighted by atomic mass is 16.5. The molecule has 0 spiro atoms. The molecule has 4 aromatic rings. The van der Waals surface area contributed by atoms with Crippen molar-refractivity contribution in [3.05, 3.63) is 42.1 Å². The van der Waals surface area contributed by atoms with Gasteiger partial charge in [0.2, 0.25) is 0 Å². The Labute approximate surface area is 195 Å². The van der Waals surface area contributed by atoms with E-state index in [0.717, 1.165) is 22.4 Å². The average molecular weight is 447 g/mol. The van der Waals surface area contributed by atoms with Crippen LogP contribution >= 0.6 is 0 Å². The van der Waals surface area contributed by atoms with Gasteiger partial charge in [-0.05, 0) is 63.8 Å². The third-order valence-electron chi connectivity index (χ3n) is 7.39. The van der Waals surface area contributed by atoms with Gasteiger partial charge in [-0.1, -0.05) is 13.8 Å². The summed E-state index contributed by atoms with van der Waals surface area (Å²) >= 11 is 0. The van der Waals surface area contributed by atoms with Gasteiger partial charge >= 0.3 is 0 Å². The number of fused-ring (bicyclic) bond motifs is 2. The van der Waals surface area contributed by atoms with Crippen LogP contribution in [-0.2, 0) is 0 Å². The predicted octanol–water partition coefficient (Wildman–Crippen LogP) is 5.38. The molecule has 4 aromatic heterocycles. The van der Waals surface area contributed by atoms with Gasteiger partial charge in [-0.2, -0.15) is 5.10 Å². The fourth-order valence-electron chi connectivity index (χ4n) is 5.38. The standard InChI is InChI=1S/C26H34N6O/c1-15(2)24-20-11-21(17-7-8-19(9-17)31(5)16(3)4)27-12-22(20)30-25(24)18-10-23(33-6)26-28-14-29-32(26)13-18/h10-17,19,30H,7-9H2,1-6H3. The van der Waals surface area contributed by atoms with Crippen LogP contribution < -0.4 is 4.74 Å². The van der Waals surface area contributed by atoms with E-state index in [1.165, 1.54) is 35.9 Å². The van der Waals surface area contributed by atoms with E-state index < -0.39 is 0 Å². The Morgan fingerprint density at radius 3 is 2.70 bits per heavy atom. The van der Waals surface area contributed by atoms with Crippen molar-refractivity contribution in [2.24, 2.45) is 0 Å². The average Bonchev–Trinajstić information content (AvgIpc) is 3.54. The number of pyridine rings is 2. The number of aromatic amines is 1. The van der Waals surface area contributed by atoms with Gasteiger partial charge in [0.15, 0.2) is 11.4 Å². The van der Waals surface area contributed by atoms with Crippen LogP contribution in [0.25, 0.3) is 27.8 Å². The first-order valence-electron chi connectivity index (χ1n) is 12.0. The summed E-state index contributed by atoms with van der Waals surface area (Å²) in [4.78, 5) is 15.4. The molecular formula is C26H34N6O. The zero-order valence-corrected chi connectivity index (χ0v) is 20.5. The number of aromatic nitrogens is 5. The summed E-state index contributed by atoms with van der Waals surface area (Å²) in [6.07, 6.45) is 9.21. The summed E-state index contributed by atoms with van der Waals surface area (Å²) in [7, 11) is 3.92. The molecule has 1 saturated carbocycles. The number of hydrogen-bond acceptors (Lipinski definition) is 5. The van der Waals surface area contributed by atoms with Gasteiger partial charge in [-0.25, -0.2) is 9.50 Å². The molecule has 0 bridgehead atoms. The lowest BCUT2D eigenvalue weighted by atomic mass is 9.95. The van der Waals surface area contributed by atoms with Crippen LogP contribution in [0.15, 0.2) is 30.9 Å². The third-order valence-corrected chi connectivity index (χ3v) is 7.39. The smallest absolute Gasteiger partial charge is 0.197 e. The number of hydrogen-bond donors (Lipinski definition) is 1. The van der Waals surface area contributed by atoms with Crippen LogP contribution in [0, 0.1) is 0 Å². The Balaban J connectivity index is 1.57. The fraction of sp³-hybridized carbons (Fsp3) is 0.500. The second kappa shape index (κ2) is 8.45. The van der Waals surface area contributed by atoms with Gasteiger partial charge in [-0.15, -0.1) is 0 Å². The monoisotopic (exact) mass is 446 g/mol. The molecule has 1 aliphatic carbocycles. The summed E-state index contributed by atoms with van der Waals surface area (Å²) in [6.45, 7) is 9.06. The first kappa shape index (κ1) is 21.9. The van der Waals surface area contributed by atoms with Gasteiger partial charge in [0.1, 0.15) is 6.33 Å². The Morgan fingerprint density at radius 2 is 1.97 bits per heavy atom. The summed E-state index contributed by atoms with van der Waals surface area (Å²) in [5.74, 6) is 1.58. The van der Waals surface area contributed by atoms with Gasteiger partial charge in [-0.3, -0.25) is 4.98 Å². The van der Waals surface area contributed by atoms with Gasteiger partial charge in [0.05, 0.1) is 24.5 Å². The van der Waals surface area contributed by atoms with Crippen LogP contribution in [0.4, 0.5) is 0 Å². The Kier molecular flexibility index (Phi) is 5.60. The van der Waals surface area contributed by atoms with Crippen LogP contribution in [0.2, 0.25) is 0 Å². The minimum atomic E-state index is 0.352. The number of nitrogens with zero attached hydrogens (tertiary/aromatic N) is 5. The molecule has 1 fully saturated rings. The van der Waals surface area contributed by atoms with E-state index in [1.54, 1.807) is 18.0 Å². The zero-order valence-electron chi connectivity index (χ0n) is 20.5. The molecule has 7 nitrogen and oxygen atoms in total. The molecule has 0 aliphatic heterocycles. The minimum absolute atomic E-state index is 0.352. The molecule has 5 rings (SSSR count). The van der Waals surface area contributed by atoms with E-state index in [4.69, 9.17) is 9.72 Å². The molecular weight excluding hydrogens is 412 g/mol. The molecule has 0 amide bonds. The SMILES string of the molecule is COc1cc(-c2[nH]c3cnc(C4CCC(N(C)C(C)C)C4)cc3c2C(C)C)cn2ncnc12. The van der Waals surface area contributed by atoms with Crippen LogP contribution in [-0.4, -0.2) is 55.7 Å². The Bertz CT molecular complexity index is 1290. The van der Waals surface area contributed by atoms with Gasteiger partial charge < -0.3 is 14.6 Å². The lowest BCUT2D eigenvalue weighted by Crippen LogP contribution is -2.35. The second-order valence-corrected chi connectivity index (χ2v) is 9.97. The highest BCUT2D eigenvalue weighted by Gasteiger charge is 2.31. The van der Waals surface area contributed by atoms with Crippen molar-refractivity contribution in [3.8, 4) is 17.0 Å². The summed E-state index contributed by atoms with van der Waals surface area (Å²) in [5.41, 5.74) is 6.45. The molecule has 33 heavy (non-hydrogen) atoms. The maximum Gasteiger partial charge on any atom is 0.197 e. The second-order valence-electron chi connectivity index (χ2n) is 9.97. The van der Waals surface area contributed by atoms with Crippen LogP contribution in [0.1, 0.15) is 70.1 Å². The lowest BCUT2D eigenvalue weighted by molar-refractivity contribution is 0.196. The molecule has 4 heterocycles. The van der Waals surface area contributed by atoms with Crippen molar-refractivity contribution in [1.82, 2.24) is 29.5 Å². The maximum atomic E-state index is 5.60. The van der Waals surface area contributed by atoms with Crippen LogP contribution in [0.3, 0.4) is 0 Å². The Hall–Kier alpha value is -2.93. The zero-order chi connectivity index (χ0) is 23.3. The van der Waals surface area contributed by atoms with Gasteiger partial charge in [0, 0.05) is 40.8 Å². The van der Waals surface area contributed by atoms with E-state index in [1.807, 2.05) is 18.5 Å². The highest BCUT2D eigenvalue weighted by molar-refractivity contribution is 5.91. The number of ether oxygens (including phenoxy) is 1. The van der Waals surface area contributed by atoms with E-state index >= 15 is 0 Å². The molecule has 174 valence electrons. The molecule has 0 saturated heterocycles. The highest BCUT2D eigenvalue weighted by Crippen LogP contribution is 2.40. The molecule has 0 aromatic carbocycles. The lowest BCUT2D eigenvalue weighted by Gasteiger charge is -2.28. The van der Waals surface area contributed by atoms with Crippen LogP contribution in [0.5, 0.6) is 5.75 Å². The van der Waals surface area contributed by atoms with Crippen molar-refractivity contribution >= 4 is 16.6 Å². The first-order valence-corrected chi connectivity index (χ1v) is 12.0. The summed E-state index contributed by atoms with van der Waals surface area (Å²) < 4.78 is 7.38. The largest absolute Gasteiger partial charge is 0.493 e. The van der Waals surface area contributed by atoms with E-state index in [0.29, 0.717) is 29.7 Å². The summed E-state index contributed by atoms with van der Waals surface area (Å²) in [6, 6.07) is 5.58. The summed E-state index contributed by atoms with van der Waals surface area (Å²) in [5, 5.41) is 5.60. The first-order chi connectivity index (χ1) is 15.9. The number of nitrogens with one attached hydrogen (secondary N) is 1. The molecule has 0 radical (unpaired) electrons. The normalized spacial score (nSPS) is 19.1.